The molecule has 78 valence electrons. The predicted molar refractivity (Wildman–Crippen MR) is 70.0 cm³/mol. The molecule has 15 heavy (non-hydrogen) atoms. The number of hydrogen-bond donors (Lipinski definition) is 0. The molecule has 0 spiro atoms. The van der Waals surface area contributed by atoms with Crippen LogP contribution in [0.4, 0.5) is 0 Å². The maximum absolute atomic E-state index is 8.87. The van der Waals surface area contributed by atoms with Crippen LogP contribution >= 0.6 is 24.0 Å². The van der Waals surface area contributed by atoms with Gasteiger partial charge in [0, 0.05) is 5.75 Å². The van der Waals surface area contributed by atoms with Crippen molar-refractivity contribution in [3.05, 3.63) is 35.9 Å². The van der Waals surface area contributed by atoms with Gasteiger partial charge in [0.05, 0.1) is 15.7 Å². The highest BCUT2D eigenvalue weighted by atomic mass is 32.2. The Bertz CT molecular complexity index is 376. The summed E-state index contributed by atoms with van der Waals surface area (Å²) in [4.78, 5) is 0. The molecule has 0 aromatic heterocycles. The van der Waals surface area contributed by atoms with E-state index in [1.165, 1.54) is 0 Å². The Morgan fingerprint density at radius 2 is 2.00 bits per heavy atom. The van der Waals surface area contributed by atoms with E-state index in [1.807, 2.05) is 44.2 Å². The number of rotatable bonds is 3. The summed E-state index contributed by atoms with van der Waals surface area (Å²) in [5.74, 6) is 0.733. The van der Waals surface area contributed by atoms with Crippen molar-refractivity contribution in [3.63, 3.8) is 0 Å². The van der Waals surface area contributed by atoms with Crippen molar-refractivity contribution in [1.29, 1.82) is 5.26 Å². The first-order valence-electron chi connectivity index (χ1n) is 4.68. The summed E-state index contributed by atoms with van der Waals surface area (Å²) >= 11 is 6.86. The van der Waals surface area contributed by atoms with Gasteiger partial charge >= 0.3 is 0 Å². The number of thiocarbonyl (C=S) groups is 1. The van der Waals surface area contributed by atoms with Gasteiger partial charge in [-0.3, -0.25) is 0 Å². The zero-order valence-corrected chi connectivity index (χ0v) is 10.5. The number of nitrogens with zero attached hydrogens (tertiary/aromatic N) is 1. The van der Waals surface area contributed by atoms with Crippen molar-refractivity contribution >= 4 is 28.2 Å². The molecule has 0 aliphatic heterocycles. The molecule has 0 saturated heterocycles. The van der Waals surface area contributed by atoms with Crippen LogP contribution in [0, 0.1) is 16.7 Å². The topological polar surface area (TPSA) is 23.8 Å². The van der Waals surface area contributed by atoms with Crippen LogP contribution in [0.3, 0.4) is 0 Å². The van der Waals surface area contributed by atoms with Crippen LogP contribution in [0.1, 0.15) is 19.4 Å². The second-order valence-electron chi connectivity index (χ2n) is 3.94. The molecule has 0 bridgehead atoms. The minimum Gasteiger partial charge on any atom is -0.198 e. The van der Waals surface area contributed by atoms with Crippen LogP contribution < -0.4 is 0 Å². The summed E-state index contributed by atoms with van der Waals surface area (Å²) in [5.41, 5.74) is 0.745. The molecule has 0 saturated carbocycles. The predicted octanol–water partition coefficient (Wildman–Crippen LogP) is 3.65. The van der Waals surface area contributed by atoms with Gasteiger partial charge in [-0.1, -0.05) is 42.5 Å². The fourth-order valence-electron chi connectivity index (χ4n) is 0.936. The van der Waals surface area contributed by atoms with Gasteiger partial charge < -0.3 is 0 Å². The second kappa shape index (κ2) is 5.29. The molecule has 3 heteroatoms. The van der Waals surface area contributed by atoms with Crippen molar-refractivity contribution in [2.24, 2.45) is 5.41 Å². The minimum atomic E-state index is -0.316. The molecule has 0 heterocycles. The third-order valence-corrected chi connectivity index (χ3v) is 3.83. The SMILES string of the molecule is CC(C)(C#N)CSC(=S)c1ccccc1. The van der Waals surface area contributed by atoms with Crippen LogP contribution in [-0.2, 0) is 0 Å². The smallest absolute Gasteiger partial charge is 0.0778 e. The summed E-state index contributed by atoms with van der Waals surface area (Å²) in [7, 11) is 0. The lowest BCUT2D eigenvalue weighted by atomic mass is 10.00. The van der Waals surface area contributed by atoms with Crippen molar-refractivity contribution in [1.82, 2.24) is 0 Å². The quantitative estimate of drug-likeness (QED) is 0.747. The highest BCUT2D eigenvalue weighted by Crippen LogP contribution is 2.24. The number of nitriles is 1. The Kier molecular flexibility index (Phi) is 4.31. The Labute approximate surface area is 100 Å². The third kappa shape index (κ3) is 4.03. The lowest BCUT2D eigenvalue weighted by Gasteiger charge is -2.14. The molecule has 1 aromatic rings. The van der Waals surface area contributed by atoms with Crippen LogP contribution in [-0.4, -0.2) is 9.95 Å². The standard InChI is InChI=1S/C12H13NS2/c1-12(2,8-13)9-15-11(14)10-6-4-3-5-7-10/h3-7H,9H2,1-2H3. The van der Waals surface area contributed by atoms with E-state index in [1.54, 1.807) is 11.8 Å². The van der Waals surface area contributed by atoms with Crippen LogP contribution in [0.5, 0.6) is 0 Å². The van der Waals surface area contributed by atoms with Crippen molar-refractivity contribution in [2.75, 3.05) is 5.75 Å². The number of benzene rings is 1. The van der Waals surface area contributed by atoms with Gasteiger partial charge in [-0.25, -0.2) is 0 Å². The zero-order valence-electron chi connectivity index (χ0n) is 8.86. The highest BCUT2D eigenvalue weighted by molar-refractivity contribution is 8.23. The molecular formula is C12H13NS2. The van der Waals surface area contributed by atoms with Gasteiger partial charge in [-0.05, 0) is 19.4 Å². The van der Waals surface area contributed by atoms with Crippen LogP contribution in [0.2, 0.25) is 0 Å². The molecule has 0 radical (unpaired) electrons. The van der Waals surface area contributed by atoms with E-state index in [0.717, 1.165) is 15.5 Å². The Morgan fingerprint density at radius 3 is 2.53 bits per heavy atom. The Hall–Kier alpha value is -0.850. The Morgan fingerprint density at radius 1 is 1.40 bits per heavy atom. The molecule has 0 aliphatic rings. The zero-order chi connectivity index (χ0) is 11.3. The molecule has 0 unspecified atom stereocenters. The van der Waals surface area contributed by atoms with Gasteiger partial charge in [-0.15, -0.1) is 11.8 Å². The lowest BCUT2D eigenvalue weighted by molar-refractivity contribution is 0.575. The van der Waals surface area contributed by atoms with E-state index in [2.05, 4.69) is 6.07 Å². The van der Waals surface area contributed by atoms with Crippen molar-refractivity contribution in [2.45, 2.75) is 13.8 Å². The van der Waals surface area contributed by atoms with E-state index in [9.17, 15) is 0 Å². The first kappa shape index (κ1) is 12.2. The van der Waals surface area contributed by atoms with E-state index >= 15 is 0 Å². The second-order valence-corrected chi connectivity index (χ2v) is 5.59. The molecule has 0 atom stereocenters. The van der Waals surface area contributed by atoms with Gasteiger partial charge in [0.2, 0.25) is 0 Å². The molecule has 0 amide bonds. The lowest BCUT2D eigenvalue weighted by Crippen LogP contribution is -2.12. The number of hydrogen-bond acceptors (Lipinski definition) is 3. The normalized spacial score (nSPS) is 10.7. The molecule has 1 aromatic carbocycles. The van der Waals surface area contributed by atoms with Crippen molar-refractivity contribution < 1.29 is 0 Å². The van der Waals surface area contributed by atoms with Gasteiger partial charge in [0.1, 0.15) is 0 Å². The largest absolute Gasteiger partial charge is 0.198 e. The fourth-order valence-corrected chi connectivity index (χ4v) is 2.11. The molecule has 1 rings (SSSR count). The summed E-state index contributed by atoms with van der Waals surface area (Å²) < 4.78 is 0.860. The van der Waals surface area contributed by atoms with E-state index < -0.39 is 0 Å². The van der Waals surface area contributed by atoms with Crippen molar-refractivity contribution in [3.8, 4) is 6.07 Å². The maximum atomic E-state index is 8.87. The third-order valence-electron chi connectivity index (χ3n) is 1.88. The molecular weight excluding hydrogens is 222 g/mol. The first-order chi connectivity index (χ1) is 7.05. The van der Waals surface area contributed by atoms with E-state index in [0.29, 0.717) is 0 Å². The monoisotopic (exact) mass is 235 g/mol. The van der Waals surface area contributed by atoms with E-state index in [4.69, 9.17) is 17.5 Å². The summed E-state index contributed by atoms with van der Waals surface area (Å²) in [6.07, 6.45) is 0. The molecule has 0 N–H and O–H groups in total. The highest BCUT2D eigenvalue weighted by Gasteiger charge is 2.17. The van der Waals surface area contributed by atoms with Gasteiger partial charge in [0.25, 0.3) is 0 Å². The first-order valence-corrected chi connectivity index (χ1v) is 6.08. The van der Waals surface area contributed by atoms with Gasteiger partial charge in [0.15, 0.2) is 0 Å². The average Bonchev–Trinajstić information content (AvgIpc) is 2.27. The molecule has 1 nitrogen and oxygen atoms in total. The van der Waals surface area contributed by atoms with Crippen LogP contribution in [0.25, 0.3) is 0 Å². The molecule has 0 aliphatic carbocycles. The average molecular weight is 235 g/mol. The summed E-state index contributed by atoms with van der Waals surface area (Å²) in [6.45, 7) is 3.85. The Balaban J connectivity index is 2.56. The summed E-state index contributed by atoms with van der Waals surface area (Å²) in [5, 5.41) is 8.87. The fraction of sp³-hybridized carbons (Fsp3) is 0.333. The number of thioether (sulfide) groups is 1. The van der Waals surface area contributed by atoms with Gasteiger partial charge in [-0.2, -0.15) is 5.26 Å². The minimum absolute atomic E-state index is 0.316. The maximum Gasteiger partial charge on any atom is 0.0778 e. The van der Waals surface area contributed by atoms with E-state index in [-0.39, 0.29) is 5.41 Å². The summed E-state index contributed by atoms with van der Waals surface area (Å²) in [6, 6.07) is 12.2. The molecule has 0 fully saturated rings. The van der Waals surface area contributed by atoms with Crippen LogP contribution in [0.15, 0.2) is 30.3 Å².